The molecule has 0 saturated carbocycles. The maximum atomic E-state index is 12.8. The molecule has 0 bridgehead atoms. The van der Waals surface area contributed by atoms with Crippen molar-refractivity contribution in [1.82, 2.24) is 0 Å². The van der Waals surface area contributed by atoms with Crippen LogP contribution in [0.4, 0.5) is 0 Å². The van der Waals surface area contributed by atoms with E-state index >= 15 is 0 Å². The van der Waals surface area contributed by atoms with E-state index in [0.717, 1.165) is 22.3 Å². The molecule has 0 spiro atoms. The van der Waals surface area contributed by atoms with Gasteiger partial charge < -0.3 is 0 Å². The molecule has 0 N–H and O–H groups in total. The van der Waals surface area contributed by atoms with E-state index in [0.29, 0.717) is 22.4 Å². The van der Waals surface area contributed by atoms with Crippen molar-refractivity contribution in [3.63, 3.8) is 0 Å². The van der Waals surface area contributed by atoms with Crippen LogP contribution in [-0.4, -0.2) is 14.2 Å². The van der Waals surface area contributed by atoms with Gasteiger partial charge in [0.25, 0.3) is 0 Å². The smallest absolute Gasteiger partial charge is 0.206 e. The Bertz CT molecular complexity index is 1330. The molecule has 160 valence electrons. The van der Waals surface area contributed by atoms with Crippen LogP contribution in [0.5, 0.6) is 0 Å². The van der Waals surface area contributed by atoms with Gasteiger partial charge in [0.1, 0.15) is 0 Å². The Balaban J connectivity index is 1.47. The van der Waals surface area contributed by atoms with Crippen LogP contribution in [0.3, 0.4) is 0 Å². The van der Waals surface area contributed by atoms with Crippen LogP contribution >= 0.6 is 0 Å². The number of ketones is 1. The van der Waals surface area contributed by atoms with Crippen LogP contribution < -0.4 is 0 Å². The highest BCUT2D eigenvalue weighted by Gasteiger charge is 2.17. The summed E-state index contributed by atoms with van der Waals surface area (Å²) in [6, 6.07) is 29.0. The first kappa shape index (κ1) is 21.7. The number of carbonyl (C=O) groups is 1. The third-order valence-corrected chi connectivity index (χ3v) is 7.29. The summed E-state index contributed by atoms with van der Waals surface area (Å²) in [5.74, 6) is 0.00205. The molecule has 0 aromatic heterocycles. The summed E-state index contributed by atoms with van der Waals surface area (Å²) in [7, 11) is -3.53. The van der Waals surface area contributed by atoms with Crippen molar-refractivity contribution in [3.05, 3.63) is 130 Å². The van der Waals surface area contributed by atoms with Crippen molar-refractivity contribution >= 4 is 15.6 Å². The van der Waals surface area contributed by atoms with E-state index in [2.05, 4.69) is 0 Å². The van der Waals surface area contributed by atoms with E-state index in [1.165, 1.54) is 0 Å². The van der Waals surface area contributed by atoms with Gasteiger partial charge in [-0.25, -0.2) is 8.42 Å². The lowest BCUT2D eigenvalue weighted by molar-refractivity contribution is 0.103. The minimum absolute atomic E-state index is 0.00205. The van der Waals surface area contributed by atoms with E-state index in [1.54, 1.807) is 36.4 Å². The predicted molar refractivity (Wildman–Crippen MR) is 127 cm³/mol. The number of carbonyl (C=O) groups excluding carboxylic acids is 1. The van der Waals surface area contributed by atoms with Crippen molar-refractivity contribution in [2.45, 2.75) is 30.1 Å². The van der Waals surface area contributed by atoms with Gasteiger partial charge in [0, 0.05) is 11.1 Å². The number of benzene rings is 4. The lowest BCUT2D eigenvalue weighted by Gasteiger charge is -2.08. The van der Waals surface area contributed by atoms with Crippen LogP contribution in [0.2, 0.25) is 0 Å². The number of rotatable bonds is 6. The number of hydrogen-bond donors (Lipinski definition) is 0. The summed E-state index contributed by atoms with van der Waals surface area (Å²) in [6.07, 6.45) is 0.657. The maximum Gasteiger partial charge on any atom is 0.206 e. The Labute approximate surface area is 189 Å². The SMILES string of the molecule is Cc1ccc(C(=O)c2ccc(Cc3ccc(S(=O)(=O)c4ccc(C)cc4)cc3)cc2)cc1. The summed E-state index contributed by atoms with van der Waals surface area (Å²) >= 11 is 0. The van der Waals surface area contributed by atoms with Crippen molar-refractivity contribution in [3.8, 4) is 0 Å². The molecule has 3 nitrogen and oxygen atoms in total. The summed E-state index contributed by atoms with van der Waals surface area (Å²) < 4.78 is 25.6. The largest absolute Gasteiger partial charge is 0.289 e. The molecular weight excluding hydrogens is 416 g/mol. The Kier molecular flexibility index (Phi) is 6.06. The first-order chi connectivity index (χ1) is 15.3. The van der Waals surface area contributed by atoms with Gasteiger partial charge in [0.05, 0.1) is 9.79 Å². The quantitative estimate of drug-likeness (QED) is 0.348. The molecule has 0 heterocycles. The van der Waals surface area contributed by atoms with Gasteiger partial charge in [-0.05, 0) is 55.7 Å². The van der Waals surface area contributed by atoms with Crippen molar-refractivity contribution in [2.75, 3.05) is 0 Å². The molecule has 4 aromatic rings. The minimum Gasteiger partial charge on any atom is -0.289 e. The van der Waals surface area contributed by atoms with E-state index in [1.807, 2.05) is 74.5 Å². The summed E-state index contributed by atoms with van der Waals surface area (Å²) in [6.45, 7) is 3.92. The molecule has 0 atom stereocenters. The summed E-state index contributed by atoms with van der Waals surface area (Å²) in [5, 5.41) is 0. The second-order valence-corrected chi connectivity index (χ2v) is 9.98. The molecule has 0 amide bonds. The van der Waals surface area contributed by atoms with Gasteiger partial charge in [0.2, 0.25) is 9.84 Å². The highest BCUT2D eigenvalue weighted by molar-refractivity contribution is 7.91. The third-order valence-electron chi connectivity index (χ3n) is 5.50. The Morgan fingerprint density at radius 1 is 0.562 bits per heavy atom. The van der Waals surface area contributed by atoms with E-state index < -0.39 is 9.84 Å². The number of hydrogen-bond acceptors (Lipinski definition) is 3. The van der Waals surface area contributed by atoms with Crippen LogP contribution in [0, 0.1) is 13.8 Å². The van der Waals surface area contributed by atoms with Crippen molar-refractivity contribution < 1.29 is 13.2 Å². The maximum absolute atomic E-state index is 12.8. The molecule has 4 rings (SSSR count). The Morgan fingerprint density at radius 3 is 1.38 bits per heavy atom. The van der Waals surface area contributed by atoms with Crippen LogP contribution in [0.1, 0.15) is 38.2 Å². The summed E-state index contributed by atoms with van der Waals surface area (Å²) in [5.41, 5.74) is 5.52. The van der Waals surface area contributed by atoms with Gasteiger partial charge in [-0.2, -0.15) is 0 Å². The van der Waals surface area contributed by atoms with Gasteiger partial charge in [0.15, 0.2) is 5.78 Å². The lowest BCUT2D eigenvalue weighted by atomic mass is 9.99. The van der Waals surface area contributed by atoms with Gasteiger partial charge in [-0.15, -0.1) is 0 Å². The molecule has 0 aliphatic carbocycles. The molecular formula is C28H24O3S. The lowest BCUT2D eigenvalue weighted by Crippen LogP contribution is -2.02. The molecule has 4 aromatic carbocycles. The molecule has 4 heteroatoms. The molecule has 0 saturated heterocycles. The molecule has 0 fully saturated rings. The zero-order chi connectivity index (χ0) is 22.7. The average molecular weight is 441 g/mol. The zero-order valence-electron chi connectivity index (χ0n) is 18.1. The molecule has 0 unspecified atom stereocenters. The highest BCUT2D eigenvalue weighted by atomic mass is 32.2. The predicted octanol–water partition coefficient (Wildman–Crippen LogP) is 5.96. The fourth-order valence-electron chi connectivity index (χ4n) is 3.52. The van der Waals surface area contributed by atoms with Crippen molar-refractivity contribution in [1.29, 1.82) is 0 Å². The van der Waals surface area contributed by atoms with Crippen LogP contribution in [0.25, 0.3) is 0 Å². The highest BCUT2D eigenvalue weighted by Crippen LogP contribution is 2.22. The second kappa shape index (κ2) is 8.93. The van der Waals surface area contributed by atoms with Crippen LogP contribution in [0.15, 0.2) is 107 Å². The van der Waals surface area contributed by atoms with Crippen LogP contribution in [-0.2, 0) is 16.3 Å². The number of sulfone groups is 1. The molecule has 0 radical (unpaired) electrons. The van der Waals surface area contributed by atoms with Crippen molar-refractivity contribution in [2.24, 2.45) is 0 Å². The van der Waals surface area contributed by atoms with E-state index in [-0.39, 0.29) is 10.7 Å². The standard InChI is InChI=1S/C28H24O3S/c1-20-3-11-24(12-4-20)28(29)25-13-7-22(8-14-25)19-23-9-17-27(18-10-23)32(30,31)26-15-5-21(2)6-16-26/h3-18H,19H2,1-2H3. The normalized spacial score (nSPS) is 11.3. The average Bonchev–Trinajstić information content (AvgIpc) is 2.80. The zero-order valence-corrected chi connectivity index (χ0v) is 18.9. The third kappa shape index (κ3) is 4.71. The molecule has 0 aliphatic rings. The molecule has 32 heavy (non-hydrogen) atoms. The second-order valence-electron chi connectivity index (χ2n) is 8.03. The monoisotopic (exact) mass is 440 g/mol. The fourth-order valence-corrected chi connectivity index (χ4v) is 4.78. The molecule has 0 aliphatic heterocycles. The number of aryl methyl sites for hydroxylation is 2. The minimum atomic E-state index is -3.53. The van der Waals surface area contributed by atoms with Gasteiger partial charge >= 0.3 is 0 Å². The summed E-state index contributed by atoms with van der Waals surface area (Å²) in [4.78, 5) is 13.2. The first-order valence-corrected chi connectivity index (χ1v) is 11.9. The Hall–Kier alpha value is -3.50. The van der Waals surface area contributed by atoms with E-state index in [4.69, 9.17) is 0 Å². The Morgan fingerprint density at radius 2 is 0.906 bits per heavy atom. The van der Waals surface area contributed by atoms with Gasteiger partial charge in [-0.3, -0.25) is 4.79 Å². The van der Waals surface area contributed by atoms with Gasteiger partial charge in [-0.1, -0.05) is 83.9 Å². The van der Waals surface area contributed by atoms with E-state index in [9.17, 15) is 13.2 Å². The fraction of sp³-hybridized carbons (Fsp3) is 0.107. The first-order valence-electron chi connectivity index (χ1n) is 10.4. The topological polar surface area (TPSA) is 51.2 Å².